The third-order valence-corrected chi connectivity index (χ3v) is 2.41. The molecule has 0 spiro atoms. The molecule has 72 valence electrons. The molecule has 1 aromatic rings. The molecule has 13 heavy (non-hydrogen) atoms. The molecule has 0 radical (unpaired) electrons. The highest BCUT2D eigenvalue weighted by Crippen LogP contribution is 2.24. The molecule has 0 bridgehead atoms. The summed E-state index contributed by atoms with van der Waals surface area (Å²) in [5.41, 5.74) is 3.48. The van der Waals surface area contributed by atoms with Gasteiger partial charge in [-0.2, -0.15) is 0 Å². The molecule has 0 aliphatic heterocycles. The fourth-order valence-electron chi connectivity index (χ4n) is 1.20. The van der Waals surface area contributed by atoms with E-state index in [-0.39, 0.29) is 12.4 Å². The first-order valence-electron chi connectivity index (χ1n) is 3.89. The van der Waals surface area contributed by atoms with Gasteiger partial charge in [0.2, 0.25) is 0 Å². The van der Waals surface area contributed by atoms with Crippen LogP contribution in [0.15, 0.2) is 6.07 Å². The van der Waals surface area contributed by atoms with Crippen LogP contribution in [0.1, 0.15) is 16.7 Å². The maximum Gasteiger partial charge on any atom is 0.131 e. The van der Waals surface area contributed by atoms with Crippen LogP contribution in [0, 0.1) is 19.7 Å². The normalized spacial score (nSPS) is 10.5. The van der Waals surface area contributed by atoms with Gasteiger partial charge in [0.1, 0.15) is 5.82 Å². The van der Waals surface area contributed by atoms with Gasteiger partial charge < -0.3 is 5.21 Å². The van der Waals surface area contributed by atoms with Gasteiger partial charge in [-0.15, -0.1) is 0 Å². The van der Waals surface area contributed by atoms with Crippen LogP contribution in [-0.2, 0) is 6.54 Å². The minimum atomic E-state index is -0.316. The molecule has 0 aromatic heterocycles. The number of hydroxylamine groups is 1. The average molecular weight is 204 g/mol. The smallest absolute Gasteiger partial charge is 0.131 e. The molecule has 0 amide bonds. The van der Waals surface area contributed by atoms with Crippen molar-refractivity contribution < 1.29 is 9.60 Å². The van der Waals surface area contributed by atoms with Crippen LogP contribution in [0.25, 0.3) is 0 Å². The maximum absolute atomic E-state index is 13.4. The van der Waals surface area contributed by atoms with Crippen molar-refractivity contribution in [3.8, 4) is 0 Å². The van der Waals surface area contributed by atoms with Crippen LogP contribution in [0.2, 0.25) is 5.02 Å². The first-order valence-corrected chi connectivity index (χ1v) is 4.26. The molecule has 0 atom stereocenters. The quantitative estimate of drug-likeness (QED) is 0.725. The molecule has 0 unspecified atom stereocenters. The summed E-state index contributed by atoms with van der Waals surface area (Å²) in [4.78, 5) is 0. The molecule has 0 aliphatic rings. The SMILES string of the molecule is Cc1cc(Cl)c(C)c(CNO)c1F. The highest BCUT2D eigenvalue weighted by atomic mass is 35.5. The van der Waals surface area contributed by atoms with Crippen molar-refractivity contribution in [2.45, 2.75) is 20.4 Å². The van der Waals surface area contributed by atoms with Gasteiger partial charge >= 0.3 is 0 Å². The molecule has 4 heteroatoms. The summed E-state index contributed by atoms with van der Waals surface area (Å²) in [6, 6.07) is 1.58. The summed E-state index contributed by atoms with van der Waals surface area (Å²) in [7, 11) is 0. The van der Waals surface area contributed by atoms with Crippen molar-refractivity contribution in [3.05, 3.63) is 33.6 Å². The lowest BCUT2D eigenvalue weighted by atomic mass is 10.0. The van der Waals surface area contributed by atoms with E-state index in [0.717, 1.165) is 0 Å². The lowest BCUT2D eigenvalue weighted by molar-refractivity contribution is 0.159. The van der Waals surface area contributed by atoms with Gasteiger partial charge in [0.05, 0.1) is 0 Å². The molecule has 0 saturated carbocycles. The van der Waals surface area contributed by atoms with Crippen LogP contribution in [0.3, 0.4) is 0 Å². The van der Waals surface area contributed by atoms with Crippen molar-refractivity contribution in [1.82, 2.24) is 5.48 Å². The Hall–Kier alpha value is -0.640. The van der Waals surface area contributed by atoms with Gasteiger partial charge in [-0.3, -0.25) is 0 Å². The van der Waals surface area contributed by atoms with E-state index < -0.39 is 0 Å². The fourth-order valence-corrected chi connectivity index (χ4v) is 1.48. The van der Waals surface area contributed by atoms with Crippen LogP contribution in [0.5, 0.6) is 0 Å². The Morgan fingerprint density at radius 1 is 1.54 bits per heavy atom. The van der Waals surface area contributed by atoms with Crippen molar-refractivity contribution in [3.63, 3.8) is 0 Å². The van der Waals surface area contributed by atoms with Crippen molar-refractivity contribution in [2.24, 2.45) is 0 Å². The fraction of sp³-hybridized carbons (Fsp3) is 0.333. The minimum absolute atomic E-state index is 0.0685. The average Bonchev–Trinajstić information content (AvgIpc) is 2.09. The highest BCUT2D eigenvalue weighted by molar-refractivity contribution is 6.31. The summed E-state index contributed by atoms with van der Waals surface area (Å²) in [5.74, 6) is -0.316. The summed E-state index contributed by atoms with van der Waals surface area (Å²) >= 11 is 5.85. The van der Waals surface area contributed by atoms with E-state index in [9.17, 15) is 4.39 Å². The number of rotatable bonds is 2. The zero-order chi connectivity index (χ0) is 10.0. The first kappa shape index (κ1) is 10.4. The molecule has 1 rings (SSSR count). The van der Waals surface area contributed by atoms with Gasteiger partial charge in [0, 0.05) is 17.1 Å². The Kier molecular flexibility index (Phi) is 3.25. The van der Waals surface area contributed by atoms with Gasteiger partial charge in [0.25, 0.3) is 0 Å². The van der Waals surface area contributed by atoms with E-state index >= 15 is 0 Å². The van der Waals surface area contributed by atoms with Crippen LogP contribution in [-0.4, -0.2) is 5.21 Å². The third-order valence-electron chi connectivity index (χ3n) is 2.02. The summed E-state index contributed by atoms with van der Waals surface area (Å²) in [6.45, 7) is 3.43. The van der Waals surface area contributed by atoms with E-state index in [2.05, 4.69) is 0 Å². The predicted octanol–water partition coefficient (Wildman–Crippen LogP) is 2.57. The zero-order valence-corrected chi connectivity index (χ0v) is 8.24. The Balaban J connectivity index is 3.28. The van der Waals surface area contributed by atoms with Crippen molar-refractivity contribution in [2.75, 3.05) is 0 Å². The third kappa shape index (κ3) is 1.99. The summed E-state index contributed by atoms with van der Waals surface area (Å²) < 4.78 is 13.4. The van der Waals surface area contributed by atoms with Gasteiger partial charge in [-0.25, -0.2) is 9.87 Å². The maximum atomic E-state index is 13.4. The van der Waals surface area contributed by atoms with E-state index in [1.54, 1.807) is 19.9 Å². The topological polar surface area (TPSA) is 32.3 Å². The zero-order valence-electron chi connectivity index (χ0n) is 7.49. The van der Waals surface area contributed by atoms with E-state index in [1.165, 1.54) is 0 Å². The Morgan fingerprint density at radius 3 is 2.69 bits per heavy atom. The standard InChI is InChI=1S/C9H11ClFNO/c1-5-3-8(10)6(2)7(4-12-13)9(5)11/h3,12-13H,4H2,1-2H3. The second kappa shape index (κ2) is 4.05. The number of hydrogen-bond acceptors (Lipinski definition) is 2. The Labute approximate surface area is 81.3 Å². The largest absolute Gasteiger partial charge is 0.316 e. The lowest BCUT2D eigenvalue weighted by Crippen LogP contribution is -2.10. The second-order valence-corrected chi connectivity index (χ2v) is 3.33. The number of halogens is 2. The molecule has 0 heterocycles. The van der Waals surface area contributed by atoms with E-state index in [0.29, 0.717) is 21.7 Å². The van der Waals surface area contributed by atoms with Gasteiger partial charge in [-0.05, 0) is 31.0 Å². The van der Waals surface area contributed by atoms with Gasteiger partial charge in [-0.1, -0.05) is 11.6 Å². The van der Waals surface area contributed by atoms with Crippen LogP contribution in [0.4, 0.5) is 4.39 Å². The lowest BCUT2D eigenvalue weighted by Gasteiger charge is -2.10. The second-order valence-electron chi connectivity index (χ2n) is 2.93. The molecular formula is C9H11ClFNO. The van der Waals surface area contributed by atoms with E-state index in [4.69, 9.17) is 16.8 Å². The molecule has 0 saturated heterocycles. The number of aryl methyl sites for hydroxylation is 1. The molecule has 1 aromatic carbocycles. The Bertz CT molecular complexity index is 302. The molecule has 2 N–H and O–H groups in total. The highest BCUT2D eigenvalue weighted by Gasteiger charge is 2.11. The molecule has 0 fully saturated rings. The molecular weight excluding hydrogens is 193 g/mol. The minimum Gasteiger partial charge on any atom is -0.316 e. The number of hydrogen-bond donors (Lipinski definition) is 2. The number of nitrogens with one attached hydrogen (secondary N) is 1. The van der Waals surface area contributed by atoms with Crippen molar-refractivity contribution >= 4 is 11.6 Å². The number of benzene rings is 1. The summed E-state index contributed by atoms with van der Waals surface area (Å²) in [5, 5.41) is 9.01. The first-order chi connectivity index (χ1) is 6.07. The Morgan fingerprint density at radius 2 is 2.15 bits per heavy atom. The van der Waals surface area contributed by atoms with Gasteiger partial charge in [0.15, 0.2) is 0 Å². The van der Waals surface area contributed by atoms with Crippen molar-refractivity contribution in [1.29, 1.82) is 0 Å². The molecule has 0 aliphatic carbocycles. The predicted molar refractivity (Wildman–Crippen MR) is 49.5 cm³/mol. The monoisotopic (exact) mass is 203 g/mol. The van der Waals surface area contributed by atoms with Crippen LogP contribution >= 0.6 is 11.6 Å². The van der Waals surface area contributed by atoms with E-state index in [1.807, 2.05) is 5.48 Å². The van der Waals surface area contributed by atoms with Crippen LogP contribution < -0.4 is 5.48 Å². The molecule has 2 nitrogen and oxygen atoms in total. The summed E-state index contributed by atoms with van der Waals surface area (Å²) in [6.07, 6.45) is 0.